The zero-order chi connectivity index (χ0) is 15.2. The number of hydrogen-bond donors (Lipinski definition) is 1. The smallest absolute Gasteiger partial charge is 0.326 e. The van der Waals surface area contributed by atoms with Crippen LogP contribution < -0.4 is 5.73 Å². The van der Waals surface area contributed by atoms with Crippen molar-refractivity contribution in [2.45, 2.75) is 78.2 Å². The van der Waals surface area contributed by atoms with Crippen molar-refractivity contribution in [2.24, 2.45) is 11.7 Å². The highest BCUT2D eigenvalue weighted by molar-refractivity contribution is 4.90. The molecule has 2 atom stereocenters. The summed E-state index contributed by atoms with van der Waals surface area (Å²) >= 11 is 0. The molecule has 0 aliphatic rings. The molecule has 0 heterocycles. The predicted molar refractivity (Wildman–Crippen MR) is 74.0 cm³/mol. The van der Waals surface area contributed by atoms with Crippen LogP contribution in [0.15, 0.2) is 0 Å². The average molecular weight is 282 g/mol. The van der Waals surface area contributed by atoms with Crippen molar-refractivity contribution >= 4 is 0 Å². The lowest BCUT2D eigenvalue weighted by atomic mass is 9.98. The van der Waals surface area contributed by atoms with Gasteiger partial charge in [0.05, 0.1) is 0 Å². The van der Waals surface area contributed by atoms with Crippen LogP contribution >= 0.6 is 0 Å². The second-order valence-corrected chi connectivity index (χ2v) is 5.62. The minimum Gasteiger partial charge on any atom is -0.326 e. The van der Waals surface area contributed by atoms with E-state index < -0.39 is 18.3 Å². The topological polar surface area (TPSA) is 29.3 Å². The third kappa shape index (κ3) is 5.69. The van der Waals surface area contributed by atoms with Gasteiger partial charge in [-0.1, -0.05) is 34.6 Å². The molecule has 2 N–H and O–H groups in total. The van der Waals surface area contributed by atoms with Crippen molar-refractivity contribution in [2.75, 3.05) is 6.54 Å². The Bertz CT molecular complexity index is 237. The quantitative estimate of drug-likeness (QED) is 0.733. The van der Waals surface area contributed by atoms with Gasteiger partial charge in [-0.05, 0) is 25.2 Å². The summed E-state index contributed by atoms with van der Waals surface area (Å²) in [5, 5.41) is 0. The number of hydrogen-bond acceptors (Lipinski definition) is 2. The lowest BCUT2D eigenvalue weighted by Gasteiger charge is -2.42. The van der Waals surface area contributed by atoms with Gasteiger partial charge in [-0.25, -0.2) is 0 Å². The van der Waals surface area contributed by atoms with Gasteiger partial charge >= 0.3 is 6.18 Å². The van der Waals surface area contributed by atoms with Crippen LogP contribution in [0.2, 0.25) is 0 Å². The minimum atomic E-state index is -4.27. The molecule has 0 aromatic heterocycles. The monoisotopic (exact) mass is 282 g/mol. The first-order chi connectivity index (χ1) is 8.68. The molecule has 0 saturated heterocycles. The van der Waals surface area contributed by atoms with E-state index in [0.717, 1.165) is 0 Å². The first kappa shape index (κ1) is 18.7. The zero-order valence-electron chi connectivity index (χ0n) is 12.8. The Morgan fingerprint density at radius 2 is 1.47 bits per heavy atom. The van der Waals surface area contributed by atoms with Gasteiger partial charge in [-0.2, -0.15) is 13.2 Å². The molecule has 5 heteroatoms. The Kier molecular flexibility index (Phi) is 7.98. The van der Waals surface area contributed by atoms with E-state index in [2.05, 4.69) is 0 Å². The molecule has 0 aliphatic carbocycles. The maximum atomic E-state index is 13.4. The van der Waals surface area contributed by atoms with Gasteiger partial charge < -0.3 is 5.73 Å². The van der Waals surface area contributed by atoms with Gasteiger partial charge in [0.15, 0.2) is 0 Å². The summed E-state index contributed by atoms with van der Waals surface area (Å²) in [5.74, 6) is 0.189. The van der Waals surface area contributed by atoms with Crippen LogP contribution in [-0.2, 0) is 0 Å². The molecule has 0 rings (SSSR count). The minimum absolute atomic E-state index is 0.0633. The largest absolute Gasteiger partial charge is 0.405 e. The number of alkyl halides is 3. The summed E-state index contributed by atoms with van der Waals surface area (Å²) in [6.07, 6.45) is -2.51. The van der Waals surface area contributed by atoms with E-state index in [-0.39, 0.29) is 12.0 Å². The van der Waals surface area contributed by atoms with Crippen molar-refractivity contribution in [3.63, 3.8) is 0 Å². The molecule has 0 aliphatic heterocycles. The van der Waals surface area contributed by atoms with Crippen LogP contribution in [0.25, 0.3) is 0 Å². The van der Waals surface area contributed by atoms with E-state index in [4.69, 9.17) is 5.73 Å². The van der Waals surface area contributed by atoms with Crippen LogP contribution in [0.3, 0.4) is 0 Å². The molecule has 2 unspecified atom stereocenters. The molecule has 19 heavy (non-hydrogen) atoms. The fourth-order valence-electron chi connectivity index (χ4n) is 2.57. The maximum absolute atomic E-state index is 13.4. The number of halogens is 3. The Labute approximate surface area is 115 Å². The summed E-state index contributed by atoms with van der Waals surface area (Å²) in [5.41, 5.74) is 5.77. The van der Waals surface area contributed by atoms with E-state index in [1.165, 1.54) is 0 Å². The molecule has 0 amide bonds. The molecule has 0 radical (unpaired) electrons. The number of nitrogens with zero attached hydrogens (tertiary/aromatic N) is 1. The van der Waals surface area contributed by atoms with Crippen molar-refractivity contribution < 1.29 is 13.2 Å². The Balaban J connectivity index is 5.34. The van der Waals surface area contributed by atoms with Gasteiger partial charge in [-0.15, -0.1) is 0 Å². The second kappa shape index (κ2) is 8.10. The molecule has 2 nitrogen and oxygen atoms in total. The third-order valence-corrected chi connectivity index (χ3v) is 3.56. The Hall–Kier alpha value is -0.290. The summed E-state index contributed by atoms with van der Waals surface area (Å²) in [6.45, 7) is 9.91. The van der Waals surface area contributed by atoms with E-state index in [1.807, 2.05) is 27.7 Å². The first-order valence-corrected chi connectivity index (χ1v) is 7.26. The highest BCUT2D eigenvalue weighted by atomic mass is 19.4. The average Bonchev–Trinajstić information content (AvgIpc) is 2.27. The molecular weight excluding hydrogens is 253 g/mol. The lowest BCUT2D eigenvalue weighted by Crippen LogP contribution is -2.59. The summed E-state index contributed by atoms with van der Waals surface area (Å²) in [6, 6.07) is -2.46. The van der Waals surface area contributed by atoms with Crippen LogP contribution in [0.5, 0.6) is 0 Å². The second-order valence-electron chi connectivity index (χ2n) is 5.62. The van der Waals surface area contributed by atoms with E-state index in [9.17, 15) is 13.2 Å². The molecule has 0 saturated carbocycles. The Morgan fingerprint density at radius 1 is 1.00 bits per heavy atom. The van der Waals surface area contributed by atoms with E-state index in [1.54, 1.807) is 11.8 Å². The summed E-state index contributed by atoms with van der Waals surface area (Å²) in [7, 11) is 0. The molecule has 0 fully saturated rings. The third-order valence-electron chi connectivity index (χ3n) is 3.56. The molecule has 116 valence electrons. The molecule has 0 aromatic rings. The fraction of sp³-hybridized carbons (Fsp3) is 1.00. The van der Waals surface area contributed by atoms with Crippen LogP contribution in [0, 0.1) is 5.92 Å². The van der Waals surface area contributed by atoms with Crippen molar-refractivity contribution in [3.8, 4) is 0 Å². The number of rotatable bonds is 8. The first-order valence-electron chi connectivity index (χ1n) is 7.26. The summed E-state index contributed by atoms with van der Waals surface area (Å²) in [4.78, 5) is 1.58. The standard InChI is InChI=1S/C14H29F3N2/c1-6-11(7-2)19(9-10(4)5)13(12(18)8-3)14(15,16)17/h10-13H,6-9,18H2,1-5H3. The van der Waals surface area contributed by atoms with Gasteiger partial charge in [0.25, 0.3) is 0 Å². The van der Waals surface area contributed by atoms with E-state index >= 15 is 0 Å². The van der Waals surface area contributed by atoms with Crippen molar-refractivity contribution in [1.82, 2.24) is 4.90 Å². The number of nitrogens with two attached hydrogens (primary N) is 1. The zero-order valence-corrected chi connectivity index (χ0v) is 12.8. The van der Waals surface area contributed by atoms with Gasteiger partial charge in [0, 0.05) is 18.6 Å². The fourth-order valence-corrected chi connectivity index (χ4v) is 2.57. The molecule has 0 spiro atoms. The van der Waals surface area contributed by atoms with Gasteiger partial charge in [-0.3, -0.25) is 4.90 Å². The molecule has 0 aromatic carbocycles. The molecule has 0 bridgehead atoms. The highest BCUT2D eigenvalue weighted by Gasteiger charge is 2.48. The van der Waals surface area contributed by atoms with Gasteiger partial charge in [0.1, 0.15) is 6.04 Å². The summed E-state index contributed by atoms with van der Waals surface area (Å²) < 4.78 is 40.1. The predicted octanol–water partition coefficient (Wildman–Crippen LogP) is 3.80. The SMILES string of the molecule is CCC(N)C(N(CC(C)C)C(CC)CC)C(F)(F)F. The van der Waals surface area contributed by atoms with Crippen LogP contribution in [0.4, 0.5) is 13.2 Å². The molecular formula is C14H29F3N2. The van der Waals surface area contributed by atoms with Crippen LogP contribution in [-0.4, -0.2) is 35.7 Å². The van der Waals surface area contributed by atoms with Crippen molar-refractivity contribution in [3.05, 3.63) is 0 Å². The Morgan fingerprint density at radius 3 is 1.74 bits per heavy atom. The highest BCUT2D eigenvalue weighted by Crippen LogP contribution is 2.31. The normalized spacial score (nSPS) is 16.4. The lowest BCUT2D eigenvalue weighted by molar-refractivity contribution is -0.197. The van der Waals surface area contributed by atoms with Crippen molar-refractivity contribution in [1.29, 1.82) is 0 Å². The van der Waals surface area contributed by atoms with E-state index in [0.29, 0.717) is 25.8 Å². The maximum Gasteiger partial charge on any atom is 0.405 e. The van der Waals surface area contributed by atoms with Gasteiger partial charge in [0.2, 0.25) is 0 Å². The van der Waals surface area contributed by atoms with Crippen LogP contribution in [0.1, 0.15) is 53.9 Å².